The Morgan fingerprint density at radius 1 is 1.24 bits per heavy atom. The molecule has 2 rings (SSSR count). The summed E-state index contributed by atoms with van der Waals surface area (Å²) in [5.74, 6) is -0.577. The number of hydrogen-bond acceptors (Lipinski definition) is 4. The summed E-state index contributed by atoms with van der Waals surface area (Å²) in [4.78, 5) is 23.3. The zero-order chi connectivity index (χ0) is 18.8. The number of amides is 1. The Morgan fingerprint density at radius 2 is 1.92 bits per heavy atom. The van der Waals surface area contributed by atoms with Crippen molar-refractivity contribution in [1.82, 2.24) is 5.32 Å². The van der Waals surface area contributed by atoms with Crippen LogP contribution >= 0.6 is 0 Å². The summed E-state index contributed by atoms with van der Waals surface area (Å²) >= 11 is 0. The van der Waals surface area contributed by atoms with Gasteiger partial charge >= 0.3 is 11.8 Å². The number of carbonyl (C=O) groups is 1. The molecule has 1 atom stereocenters. The normalized spacial score (nSPS) is 13.1. The summed E-state index contributed by atoms with van der Waals surface area (Å²) in [5.41, 5.74) is 0.592. The van der Waals surface area contributed by atoms with Gasteiger partial charge in [-0.15, -0.1) is 0 Å². The highest BCUT2D eigenvalue weighted by Crippen LogP contribution is 2.27. The number of benzene rings is 1. The summed E-state index contributed by atoms with van der Waals surface area (Å²) in [6.45, 7) is 3.78. The summed E-state index contributed by atoms with van der Waals surface area (Å²) < 4.78 is 46.9. The monoisotopic (exact) mass is 357 g/mol. The molecule has 0 bridgehead atoms. The minimum atomic E-state index is -4.49. The quantitative estimate of drug-likeness (QED) is 0.833. The molecular weight excluding hydrogens is 339 g/mol. The zero-order valence-corrected chi connectivity index (χ0v) is 13.9. The minimum absolute atomic E-state index is 0.102. The van der Waals surface area contributed by atoms with Gasteiger partial charge in [0.2, 0.25) is 0 Å². The fourth-order valence-corrected chi connectivity index (χ4v) is 2.31. The molecule has 0 spiro atoms. The summed E-state index contributed by atoms with van der Waals surface area (Å²) in [5, 5.41) is 2.48. The molecule has 1 unspecified atom stereocenters. The van der Waals surface area contributed by atoms with E-state index < -0.39 is 30.4 Å². The van der Waals surface area contributed by atoms with Gasteiger partial charge in [-0.25, -0.2) is 4.79 Å². The second-order valence-corrected chi connectivity index (χ2v) is 5.93. The SMILES string of the molecule is CC(Oc1ccc2c(C(C)C)cc(=O)oc2c1)C(=O)NCC(F)(F)F. The van der Waals surface area contributed by atoms with Gasteiger partial charge < -0.3 is 14.5 Å². The number of carbonyl (C=O) groups excluding carboxylic acids is 1. The average molecular weight is 357 g/mol. The first-order valence-electron chi connectivity index (χ1n) is 7.66. The fourth-order valence-electron chi connectivity index (χ4n) is 2.31. The molecule has 1 aromatic heterocycles. The van der Waals surface area contributed by atoms with Crippen LogP contribution in [0.2, 0.25) is 0 Å². The number of ether oxygens (including phenoxy) is 1. The third kappa shape index (κ3) is 4.98. The Labute approximate surface area is 141 Å². The van der Waals surface area contributed by atoms with Gasteiger partial charge in [-0.05, 0) is 30.5 Å². The third-order valence-electron chi connectivity index (χ3n) is 3.52. The maximum absolute atomic E-state index is 12.1. The van der Waals surface area contributed by atoms with Crippen LogP contribution in [0.25, 0.3) is 11.0 Å². The second kappa shape index (κ2) is 7.16. The Morgan fingerprint density at radius 3 is 2.52 bits per heavy atom. The Hall–Kier alpha value is -2.51. The number of halogens is 3. The molecule has 5 nitrogen and oxygen atoms in total. The van der Waals surface area contributed by atoms with Crippen LogP contribution in [0.15, 0.2) is 33.5 Å². The molecule has 0 aliphatic rings. The molecule has 0 fully saturated rings. The summed E-state index contributed by atoms with van der Waals surface area (Å²) in [6.07, 6.45) is -5.63. The van der Waals surface area contributed by atoms with E-state index in [1.54, 1.807) is 17.4 Å². The largest absolute Gasteiger partial charge is 0.481 e. The Balaban J connectivity index is 2.19. The van der Waals surface area contributed by atoms with Crippen molar-refractivity contribution in [3.05, 3.63) is 40.2 Å². The molecule has 1 heterocycles. The van der Waals surface area contributed by atoms with E-state index in [0.29, 0.717) is 0 Å². The third-order valence-corrected chi connectivity index (χ3v) is 3.52. The first kappa shape index (κ1) is 18.8. The van der Waals surface area contributed by atoms with Crippen molar-refractivity contribution in [3.8, 4) is 5.75 Å². The number of nitrogens with one attached hydrogen (secondary N) is 1. The van der Waals surface area contributed by atoms with Crippen molar-refractivity contribution in [3.63, 3.8) is 0 Å². The van der Waals surface area contributed by atoms with Crippen LogP contribution < -0.4 is 15.7 Å². The number of alkyl halides is 3. The fraction of sp³-hybridized carbons (Fsp3) is 0.412. The molecule has 2 aromatic rings. The predicted octanol–water partition coefficient (Wildman–Crippen LogP) is 3.36. The molecule has 0 radical (unpaired) electrons. The van der Waals surface area contributed by atoms with Crippen LogP contribution in [0.5, 0.6) is 5.75 Å². The van der Waals surface area contributed by atoms with Gasteiger partial charge in [-0.3, -0.25) is 4.79 Å². The zero-order valence-electron chi connectivity index (χ0n) is 13.9. The highest BCUT2D eigenvalue weighted by molar-refractivity contribution is 5.83. The lowest BCUT2D eigenvalue weighted by atomic mass is 10.00. The van der Waals surface area contributed by atoms with Gasteiger partial charge in [0.05, 0.1) is 0 Å². The lowest BCUT2D eigenvalue weighted by molar-refractivity contribution is -0.142. The summed E-state index contributed by atoms with van der Waals surface area (Å²) in [6, 6.07) is 6.11. The van der Waals surface area contributed by atoms with E-state index in [1.807, 2.05) is 13.8 Å². The maximum atomic E-state index is 12.1. The van der Waals surface area contributed by atoms with E-state index in [9.17, 15) is 22.8 Å². The first-order valence-corrected chi connectivity index (χ1v) is 7.66. The molecule has 25 heavy (non-hydrogen) atoms. The number of hydrogen-bond donors (Lipinski definition) is 1. The highest BCUT2D eigenvalue weighted by atomic mass is 19.4. The molecule has 0 saturated heterocycles. The van der Waals surface area contributed by atoms with Crippen LogP contribution in [0, 0.1) is 0 Å². The van der Waals surface area contributed by atoms with Crippen LogP contribution in [0.3, 0.4) is 0 Å². The first-order chi connectivity index (χ1) is 11.6. The molecule has 136 valence electrons. The summed E-state index contributed by atoms with van der Waals surface area (Å²) in [7, 11) is 0. The van der Waals surface area contributed by atoms with Crippen molar-refractivity contribution >= 4 is 16.9 Å². The molecule has 0 aliphatic carbocycles. The topological polar surface area (TPSA) is 68.5 Å². The molecule has 1 N–H and O–H groups in total. The van der Waals surface area contributed by atoms with Crippen LogP contribution in [0.4, 0.5) is 13.2 Å². The van der Waals surface area contributed by atoms with Crippen molar-refractivity contribution in [2.24, 2.45) is 0 Å². The molecule has 8 heteroatoms. The molecule has 1 aromatic carbocycles. The molecule has 0 aliphatic heterocycles. The minimum Gasteiger partial charge on any atom is -0.481 e. The maximum Gasteiger partial charge on any atom is 0.405 e. The van der Waals surface area contributed by atoms with Crippen LogP contribution in [-0.4, -0.2) is 24.7 Å². The average Bonchev–Trinajstić information content (AvgIpc) is 2.50. The van der Waals surface area contributed by atoms with E-state index in [1.165, 1.54) is 19.1 Å². The standard InChI is InChI=1S/C17H18F3NO4/c1-9(2)13-7-15(22)25-14-6-11(4-5-12(13)14)24-10(3)16(23)21-8-17(18,19)20/h4-7,9-10H,8H2,1-3H3,(H,21,23). The van der Waals surface area contributed by atoms with Crippen molar-refractivity contribution in [2.75, 3.05) is 6.54 Å². The lowest BCUT2D eigenvalue weighted by Crippen LogP contribution is -2.41. The molecule has 0 saturated carbocycles. The van der Waals surface area contributed by atoms with Gasteiger partial charge in [0.25, 0.3) is 5.91 Å². The van der Waals surface area contributed by atoms with Gasteiger partial charge in [-0.2, -0.15) is 13.2 Å². The van der Waals surface area contributed by atoms with E-state index in [4.69, 9.17) is 9.15 Å². The predicted molar refractivity (Wildman–Crippen MR) is 85.7 cm³/mol. The molecular formula is C17H18F3NO4. The Bertz CT molecular complexity index is 827. The van der Waals surface area contributed by atoms with Gasteiger partial charge in [0.1, 0.15) is 17.9 Å². The van der Waals surface area contributed by atoms with E-state index >= 15 is 0 Å². The Kier molecular flexibility index (Phi) is 5.39. The molecule has 1 amide bonds. The van der Waals surface area contributed by atoms with Crippen LogP contribution in [-0.2, 0) is 4.79 Å². The van der Waals surface area contributed by atoms with Crippen LogP contribution in [0.1, 0.15) is 32.3 Å². The van der Waals surface area contributed by atoms with Gasteiger partial charge in [0, 0.05) is 17.5 Å². The van der Waals surface area contributed by atoms with Gasteiger partial charge in [0.15, 0.2) is 6.10 Å². The lowest BCUT2D eigenvalue weighted by Gasteiger charge is -2.16. The van der Waals surface area contributed by atoms with Crippen molar-refractivity contribution in [2.45, 2.75) is 39.0 Å². The second-order valence-electron chi connectivity index (χ2n) is 5.93. The number of fused-ring (bicyclic) bond motifs is 1. The van der Waals surface area contributed by atoms with Crippen molar-refractivity contribution < 1.29 is 27.1 Å². The van der Waals surface area contributed by atoms with E-state index in [0.717, 1.165) is 10.9 Å². The van der Waals surface area contributed by atoms with Crippen molar-refractivity contribution in [1.29, 1.82) is 0 Å². The smallest absolute Gasteiger partial charge is 0.405 e. The van der Waals surface area contributed by atoms with E-state index in [-0.39, 0.29) is 17.3 Å². The highest BCUT2D eigenvalue weighted by Gasteiger charge is 2.29. The number of rotatable bonds is 5. The van der Waals surface area contributed by atoms with Gasteiger partial charge in [-0.1, -0.05) is 13.8 Å². The van der Waals surface area contributed by atoms with E-state index in [2.05, 4.69) is 0 Å².